The molecule has 1 unspecified atom stereocenters. The number of rotatable bonds is 4. The number of piperidine rings is 1. The van der Waals surface area contributed by atoms with Crippen molar-refractivity contribution < 1.29 is 22.4 Å². The van der Waals surface area contributed by atoms with Crippen molar-refractivity contribution in [3.05, 3.63) is 83.7 Å². The van der Waals surface area contributed by atoms with E-state index in [0.29, 0.717) is 31.0 Å². The van der Waals surface area contributed by atoms with Gasteiger partial charge in [0.2, 0.25) is 17.7 Å². The smallest absolute Gasteiger partial charge is 0.416 e. The standard InChI is InChI=1S/C26H22F3N3O2/c27-26(28,29)21-12-10-18(11-13-21)24-30-31-25(34-24)20-8-4-14-32(16-20)23(33)15-19-7-3-6-17-5-1-2-9-22(17)19/h1-3,5-7,9-13,20H,4,8,14-16H2. The minimum atomic E-state index is -4.40. The van der Waals surface area contributed by atoms with E-state index in [1.54, 1.807) is 0 Å². The van der Waals surface area contributed by atoms with Crippen molar-refractivity contribution in [3.63, 3.8) is 0 Å². The van der Waals surface area contributed by atoms with Gasteiger partial charge in [0.25, 0.3) is 0 Å². The van der Waals surface area contributed by atoms with Gasteiger partial charge in [-0.25, -0.2) is 0 Å². The number of aromatic nitrogens is 2. The maximum atomic E-state index is 13.1. The van der Waals surface area contributed by atoms with E-state index in [2.05, 4.69) is 10.2 Å². The van der Waals surface area contributed by atoms with E-state index in [4.69, 9.17) is 4.42 Å². The minimum absolute atomic E-state index is 0.0449. The molecule has 8 heteroatoms. The number of benzene rings is 3. The molecule has 0 N–H and O–H groups in total. The Bertz CT molecular complexity index is 1310. The van der Waals surface area contributed by atoms with Crippen molar-refractivity contribution in [1.29, 1.82) is 0 Å². The molecule has 1 fully saturated rings. The third-order valence-corrected chi connectivity index (χ3v) is 6.24. The van der Waals surface area contributed by atoms with Crippen molar-refractivity contribution in [3.8, 4) is 11.5 Å². The first-order chi connectivity index (χ1) is 16.4. The molecule has 5 nitrogen and oxygen atoms in total. The number of likely N-dealkylation sites (tertiary alicyclic amines) is 1. The Balaban J connectivity index is 1.28. The van der Waals surface area contributed by atoms with Gasteiger partial charge in [-0.2, -0.15) is 13.2 Å². The molecular weight excluding hydrogens is 443 g/mol. The zero-order valence-corrected chi connectivity index (χ0v) is 18.3. The molecule has 0 saturated carbocycles. The van der Waals surface area contributed by atoms with Crippen LogP contribution in [0.25, 0.3) is 22.2 Å². The molecule has 1 saturated heterocycles. The lowest BCUT2D eigenvalue weighted by Gasteiger charge is -2.31. The zero-order chi connectivity index (χ0) is 23.7. The van der Waals surface area contributed by atoms with Gasteiger partial charge >= 0.3 is 6.18 Å². The van der Waals surface area contributed by atoms with Crippen LogP contribution in [0.3, 0.4) is 0 Å². The van der Waals surface area contributed by atoms with Crippen LogP contribution >= 0.6 is 0 Å². The predicted molar refractivity (Wildman–Crippen MR) is 121 cm³/mol. The van der Waals surface area contributed by atoms with Crippen molar-refractivity contribution in [1.82, 2.24) is 15.1 Å². The third kappa shape index (κ3) is 4.53. The summed E-state index contributed by atoms with van der Waals surface area (Å²) in [6.07, 6.45) is -2.48. The van der Waals surface area contributed by atoms with Gasteiger partial charge in [-0.3, -0.25) is 4.79 Å². The van der Waals surface area contributed by atoms with E-state index in [1.165, 1.54) is 12.1 Å². The number of hydrogen-bond donors (Lipinski definition) is 0. The fourth-order valence-corrected chi connectivity index (χ4v) is 4.44. The van der Waals surface area contributed by atoms with Gasteiger partial charge in [-0.1, -0.05) is 42.5 Å². The average molecular weight is 465 g/mol. The third-order valence-electron chi connectivity index (χ3n) is 6.24. The molecule has 174 valence electrons. The molecule has 2 heterocycles. The van der Waals surface area contributed by atoms with E-state index in [1.807, 2.05) is 47.4 Å². The average Bonchev–Trinajstić information content (AvgIpc) is 3.34. The quantitative estimate of drug-likeness (QED) is 0.379. The summed E-state index contributed by atoms with van der Waals surface area (Å²) in [6, 6.07) is 18.6. The highest BCUT2D eigenvalue weighted by molar-refractivity contribution is 5.90. The maximum absolute atomic E-state index is 13.1. The molecule has 0 spiro atoms. The van der Waals surface area contributed by atoms with Crippen LogP contribution in [0.5, 0.6) is 0 Å². The van der Waals surface area contributed by atoms with E-state index >= 15 is 0 Å². The molecular formula is C26H22F3N3O2. The van der Waals surface area contributed by atoms with Gasteiger partial charge < -0.3 is 9.32 Å². The Morgan fingerprint density at radius 2 is 1.76 bits per heavy atom. The fraction of sp³-hybridized carbons (Fsp3) is 0.269. The number of hydrogen-bond acceptors (Lipinski definition) is 4. The highest BCUT2D eigenvalue weighted by atomic mass is 19.4. The van der Waals surface area contributed by atoms with Gasteiger partial charge in [0.15, 0.2) is 0 Å². The Hall–Kier alpha value is -3.68. The van der Waals surface area contributed by atoms with Crippen LogP contribution in [0.15, 0.2) is 71.1 Å². The first-order valence-corrected chi connectivity index (χ1v) is 11.1. The summed E-state index contributed by atoms with van der Waals surface area (Å²) in [4.78, 5) is 14.9. The topological polar surface area (TPSA) is 59.2 Å². The molecule has 1 amide bonds. The van der Waals surface area contributed by atoms with Crippen molar-refractivity contribution in [2.75, 3.05) is 13.1 Å². The van der Waals surface area contributed by atoms with E-state index in [9.17, 15) is 18.0 Å². The molecule has 0 bridgehead atoms. The largest absolute Gasteiger partial charge is 0.420 e. The van der Waals surface area contributed by atoms with Crippen LogP contribution in [-0.2, 0) is 17.4 Å². The van der Waals surface area contributed by atoms with Crippen LogP contribution in [-0.4, -0.2) is 34.1 Å². The summed E-state index contributed by atoms with van der Waals surface area (Å²) in [5.74, 6) is 0.505. The maximum Gasteiger partial charge on any atom is 0.416 e. The van der Waals surface area contributed by atoms with Gasteiger partial charge in [-0.15, -0.1) is 10.2 Å². The Morgan fingerprint density at radius 3 is 2.56 bits per heavy atom. The van der Waals surface area contributed by atoms with Gasteiger partial charge in [0.05, 0.1) is 17.9 Å². The molecule has 4 aromatic rings. The SMILES string of the molecule is O=C(Cc1cccc2ccccc12)N1CCCC(c2nnc(-c3ccc(C(F)(F)F)cc3)o2)C1. The summed E-state index contributed by atoms with van der Waals surface area (Å²) in [5.41, 5.74) is 0.683. The molecule has 0 aliphatic carbocycles. The Kier molecular flexibility index (Phi) is 5.81. The Morgan fingerprint density at radius 1 is 1.00 bits per heavy atom. The van der Waals surface area contributed by atoms with Crippen molar-refractivity contribution in [2.24, 2.45) is 0 Å². The number of alkyl halides is 3. The number of amides is 1. The molecule has 1 aromatic heterocycles. The summed E-state index contributed by atoms with van der Waals surface area (Å²) >= 11 is 0. The van der Waals surface area contributed by atoms with Crippen LogP contribution in [0.2, 0.25) is 0 Å². The molecule has 1 atom stereocenters. The van der Waals surface area contributed by atoms with Gasteiger partial charge in [0, 0.05) is 18.7 Å². The number of carbonyl (C=O) groups excluding carboxylic acids is 1. The molecule has 5 rings (SSSR count). The Labute approximate surface area is 194 Å². The van der Waals surface area contributed by atoms with E-state index < -0.39 is 11.7 Å². The van der Waals surface area contributed by atoms with Crippen molar-refractivity contribution in [2.45, 2.75) is 31.4 Å². The first kappa shape index (κ1) is 22.1. The monoisotopic (exact) mass is 465 g/mol. The van der Waals surface area contributed by atoms with Crippen LogP contribution in [0, 0.1) is 0 Å². The second kappa shape index (κ2) is 8.93. The highest BCUT2D eigenvalue weighted by Crippen LogP contribution is 2.32. The number of carbonyl (C=O) groups is 1. The fourth-order valence-electron chi connectivity index (χ4n) is 4.44. The highest BCUT2D eigenvalue weighted by Gasteiger charge is 2.31. The summed E-state index contributed by atoms with van der Waals surface area (Å²) in [7, 11) is 0. The predicted octanol–water partition coefficient (Wildman–Crippen LogP) is 5.86. The van der Waals surface area contributed by atoms with E-state index in [-0.39, 0.29) is 17.7 Å². The van der Waals surface area contributed by atoms with E-state index in [0.717, 1.165) is 41.3 Å². The van der Waals surface area contributed by atoms with Crippen molar-refractivity contribution >= 4 is 16.7 Å². The molecule has 1 aliphatic rings. The zero-order valence-electron chi connectivity index (χ0n) is 18.3. The first-order valence-electron chi connectivity index (χ1n) is 11.1. The molecule has 3 aromatic carbocycles. The summed E-state index contributed by atoms with van der Waals surface area (Å²) in [5, 5.41) is 10.3. The number of nitrogens with zero attached hydrogens (tertiary/aromatic N) is 3. The van der Waals surface area contributed by atoms with Crippen LogP contribution in [0.1, 0.15) is 35.8 Å². The lowest BCUT2D eigenvalue weighted by atomic mass is 9.96. The second-order valence-corrected chi connectivity index (χ2v) is 8.51. The second-order valence-electron chi connectivity index (χ2n) is 8.51. The van der Waals surface area contributed by atoms with Crippen LogP contribution in [0.4, 0.5) is 13.2 Å². The van der Waals surface area contributed by atoms with Crippen LogP contribution < -0.4 is 0 Å². The summed E-state index contributed by atoms with van der Waals surface area (Å²) in [6.45, 7) is 1.14. The minimum Gasteiger partial charge on any atom is -0.420 e. The normalized spacial score (nSPS) is 16.7. The van der Waals surface area contributed by atoms with Gasteiger partial charge in [0.1, 0.15) is 0 Å². The lowest BCUT2D eigenvalue weighted by molar-refractivity contribution is -0.137. The molecule has 0 radical (unpaired) electrons. The molecule has 1 aliphatic heterocycles. The molecule has 34 heavy (non-hydrogen) atoms. The summed E-state index contributed by atoms with van der Waals surface area (Å²) < 4.78 is 44.2. The number of halogens is 3. The van der Waals surface area contributed by atoms with Gasteiger partial charge in [-0.05, 0) is 53.4 Å². The number of fused-ring (bicyclic) bond motifs is 1. The lowest BCUT2D eigenvalue weighted by Crippen LogP contribution is -2.40.